The van der Waals surface area contributed by atoms with Crippen LogP contribution in [0.3, 0.4) is 0 Å². The number of thiol groups is 1. The van der Waals surface area contributed by atoms with Crippen LogP contribution in [0.1, 0.15) is 0 Å². The molecule has 1 N–H and O–H groups in total. The van der Waals surface area contributed by atoms with Gasteiger partial charge in [-0.15, -0.1) is 12.6 Å². The molecule has 0 aliphatic carbocycles. The quantitative estimate of drug-likeness (QED) is 0.461. The van der Waals surface area contributed by atoms with E-state index in [4.69, 9.17) is 0 Å². The van der Waals surface area contributed by atoms with Crippen molar-refractivity contribution >= 4 is 12.6 Å². The van der Waals surface area contributed by atoms with Crippen LogP contribution in [0.25, 0.3) is 0 Å². The fourth-order valence-corrected chi connectivity index (χ4v) is 0.360. The van der Waals surface area contributed by atoms with Crippen molar-refractivity contribution < 1.29 is 0 Å². The largest absolute Gasteiger partial charge is 0.285 e. The molecule has 2 nitrogen and oxygen atoms in total. The van der Waals surface area contributed by atoms with Gasteiger partial charge in [-0.2, -0.15) is 5.10 Å². The molecule has 1 heterocycles. The van der Waals surface area contributed by atoms with Gasteiger partial charge in [-0.05, 0) is 0 Å². The van der Waals surface area contributed by atoms with Crippen molar-refractivity contribution in [2.24, 2.45) is 0 Å². The summed E-state index contributed by atoms with van der Waals surface area (Å²) in [4.78, 5) is 0.870. The number of nitrogens with zero attached hydrogens (tertiary/aromatic N) is 1. The van der Waals surface area contributed by atoms with Crippen LogP contribution in [0.5, 0.6) is 0 Å². The van der Waals surface area contributed by atoms with Crippen molar-refractivity contribution in [3.63, 3.8) is 0 Å². The van der Waals surface area contributed by atoms with Crippen molar-refractivity contribution in [3.8, 4) is 0 Å². The van der Waals surface area contributed by atoms with Crippen LogP contribution in [0.4, 0.5) is 0 Å². The van der Waals surface area contributed by atoms with E-state index >= 15 is 0 Å². The van der Waals surface area contributed by atoms with Crippen LogP contribution in [0, 0.1) is 0 Å². The third kappa shape index (κ3) is 0.542. The Hall–Kier alpha value is -0.440. The molecule has 0 aromatic carbocycles. The van der Waals surface area contributed by atoms with E-state index in [2.05, 4.69) is 22.8 Å². The normalized spacial score (nSPS) is 8.83. The summed E-state index contributed by atoms with van der Waals surface area (Å²) in [6, 6.07) is 0. The first-order valence-electron chi connectivity index (χ1n) is 1.57. The van der Waals surface area contributed by atoms with Crippen LogP contribution < -0.4 is 0 Å². The lowest BCUT2D eigenvalue weighted by Gasteiger charge is -1.62. The highest BCUT2D eigenvalue weighted by atomic mass is 32.1. The molecule has 6 heavy (non-hydrogen) atoms. The maximum Gasteiger partial charge on any atom is 0.0620 e. The third-order valence-corrected chi connectivity index (χ3v) is 0.728. The van der Waals surface area contributed by atoms with E-state index in [1.54, 1.807) is 12.4 Å². The molecule has 0 fully saturated rings. The fraction of sp³-hybridized carbons (Fsp3) is 0. The van der Waals surface area contributed by atoms with Crippen molar-refractivity contribution in [1.29, 1.82) is 0 Å². The van der Waals surface area contributed by atoms with Crippen molar-refractivity contribution in [2.45, 2.75) is 4.90 Å². The summed E-state index contributed by atoms with van der Waals surface area (Å²) in [5, 5.41) is 6.22. The second-order valence-electron chi connectivity index (χ2n) is 0.957. The Balaban J connectivity index is 3.05. The highest BCUT2D eigenvalue weighted by Crippen LogP contribution is 1.95. The second kappa shape index (κ2) is 1.34. The maximum absolute atomic E-state index is 3.94. The van der Waals surface area contributed by atoms with Gasteiger partial charge in [0.15, 0.2) is 0 Å². The number of nitrogens with one attached hydrogen (secondary N) is 1. The van der Waals surface area contributed by atoms with Gasteiger partial charge in [0.1, 0.15) is 0 Å². The molecule has 0 atom stereocenters. The predicted octanol–water partition coefficient (Wildman–Crippen LogP) is 0.698. The molecule has 0 aliphatic rings. The van der Waals surface area contributed by atoms with Gasteiger partial charge in [0, 0.05) is 11.1 Å². The van der Waals surface area contributed by atoms with Crippen molar-refractivity contribution in [2.75, 3.05) is 0 Å². The van der Waals surface area contributed by atoms with Gasteiger partial charge in [0.05, 0.1) is 6.20 Å². The molecule has 0 radical (unpaired) electrons. The summed E-state index contributed by atoms with van der Waals surface area (Å²) >= 11 is 3.94. The molecule has 0 saturated carbocycles. The Morgan fingerprint density at radius 1 is 1.83 bits per heavy atom. The lowest BCUT2D eigenvalue weighted by atomic mass is 10.8. The van der Waals surface area contributed by atoms with Crippen LogP contribution in [0.2, 0.25) is 0 Å². The van der Waals surface area contributed by atoms with E-state index in [1.165, 1.54) is 0 Å². The molecule has 0 amide bonds. The standard InChI is InChI=1S/C3H4N2S/c6-3-1-4-5-2-3/h1-2,6H,(H,4,5). The van der Waals surface area contributed by atoms with Crippen LogP contribution >= 0.6 is 12.6 Å². The van der Waals surface area contributed by atoms with Crippen molar-refractivity contribution in [3.05, 3.63) is 12.4 Å². The summed E-state index contributed by atoms with van der Waals surface area (Å²) in [7, 11) is 0. The summed E-state index contributed by atoms with van der Waals surface area (Å²) < 4.78 is 0. The molecule has 0 aliphatic heterocycles. The highest BCUT2D eigenvalue weighted by Gasteiger charge is 1.75. The molecule has 1 rings (SSSR count). The van der Waals surface area contributed by atoms with Gasteiger partial charge in [0.25, 0.3) is 0 Å². The Morgan fingerprint density at radius 2 is 2.67 bits per heavy atom. The highest BCUT2D eigenvalue weighted by molar-refractivity contribution is 7.80. The number of rotatable bonds is 0. The predicted molar refractivity (Wildman–Crippen MR) is 25.8 cm³/mol. The minimum Gasteiger partial charge on any atom is -0.285 e. The molecule has 0 spiro atoms. The van der Waals surface area contributed by atoms with Gasteiger partial charge in [0.2, 0.25) is 0 Å². The molecule has 32 valence electrons. The van der Waals surface area contributed by atoms with Crippen LogP contribution in [-0.4, -0.2) is 10.2 Å². The summed E-state index contributed by atoms with van der Waals surface area (Å²) in [6.45, 7) is 0. The monoisotopic (exact) mass is 100 g/mol. The number of H-pyrrole nitrogens is 1. The average Bonchev–Trinajstić information content (AvgIpc) is 1.86. The van der Waals surface area contributed by atoms with Crippen molar-refractivity contribution in [1.82, 2.24) is 10.2 Å². The van der Waals surface area contributed by atoms with Crippen LogP contribution in [0.15, 0.2) is 17.3 Å². The van der Waals surface area contributed by atoms with E-state index in [0.717, 1.165) is 4.90 Å². The maximum atomic E-state index is 3.94. The zero-order chi connectivity index (χ0) is 4.41. The van der Waals surface area contributed by atoms with Gasteiger partial charge in [-0.3, -0.25) is 5.10 Å². The van der Waals surface area contributed by atoms with Gasteiger partial charge in [-0.1, -0.05) is 0 Å². The topological polar surface area (TPSA) is 28.7 Å². The first kappa shape index (κ1) is 3.74. The molecule has 0 saturated heterocycles. The number of hydrogen-bond acceptors (Lipinski definition) is 2. The lowest BCUT2D eigenvalue weighted by Crippen LogP contribution is -1.53. The lowest BCUT2D eigenvalue weighted by molar-refractivity contribution is 1.09. The van der Waals surface area contributed by atoms with E-state index < -0.39 is 0 Å². The summed E-state index contributed by atoms with van der Waals surface area (Å²) in [6.07, 6.45) is 3.35. The van der Waals surface area contributed by atoms with E-state index in [0.29, 0.717) is 0 Å². The molecule has 1 aromatic heterocycles. The number of aromatic amines is 1. The Bertz CT molecular complexity index is 112. The molecule has 0 unspecified atom stereocenters. The van der Waals surface area contributed by atoms with E-state index in [1.807, 2.05) is 0 Å². The Morgan fingerprint density at radius 3 is 2.83 bits per heavy atom. The smallest absolute Gasteiger partial charge is 0.0620 e. The van der Waals surface area contributed by atoms with Gasteiger partial charge < -0.3 is 0 Å². The number of aromatic nitrogens is 2. The minimum absolute atomic E-state index is 0.870. The Kier molecular flexibility index (Phi) is 0.837. The number of hydrogen-bond donors (Lipinski definition) is 2. The fourth-order valence-electron chi connectivity index (χ4n) is 0.244. The zero-order valence-corrected chi connectivity index (χ0v) is 3.94. The minimum atomic E-state index is 0.870. The molecular weight excluding hydrogens is 96.1 g/mol. The Labute approximate surface area is 41.0 Å². The SMILES string of the molecule is Sc1cn[nH]c1. The first-order valence-corrected chi connectivity index (χ1v) is 2.02. The van der Waals surface area contributed by atoms with E-state index in [9.17, 15) is 0 Å². The summed E-state index contributed by atoms with van der Waals surface area (Å²) in [5.41, 5.74) is 0. The zero-order valence-electron chi connectivity index (χ0n) is 3.05. The molecule has 3 heteroatoms. The van der Waals surface area contributed by atoms with Gasteiger partial charge in [-0.25, -0.2) is 0 Å². The summed E-state index contributed by atoms with van der Waals surface area (Å²) in [5.74, 6) is 0. The first-order chi connectivity index (χ1) is 2.89. The molecule has 0 bridgehead atoms. The van der Waals surface area contributed by atoms with Gasteiger partial charge >= 0.3 is 0 Å². The average molecular weight is 100 g/mol. The molecule has 1 aromatic rings. The molecular formula is C3H4N2S. The third-order valence-electron chi connectivity index (χ3n) is 0.484. The van der Waals surface area contributed by atoms with Crippen LogP contribution in [-0.2, 0) is 0 Å². The second-order valence-corrected chi connectivity index (χ2v) is 1.47. The van der Waals surface area contributed by atoms with E-state index in [-0.39, 0.29) is 0 Å².